The first-order valence-electron chi connectivity index (χ1n) is 6.79. The van der Waals surface area contributed by atoms with Crippen molar-refractivity contribution < 1.29 is 5.11 Å². The molecule has 2 aromatic rings. The summed E-state index contributed by atoms with van der Waals surface area (Å²) in [6.07, 6.45) is 0.391. The third-order valence-corrected chi connectivity index (χ3v) is 3.21. The van der Waals surface area contributed by atoms with E-state index in [4.69, 9.17) is 0 Å². The van der Waals surface area contributed by atoms with Crippen molar-refractivity contribution >= 4 is 0 Å². The van der Waals surface area contributed by atoms with Crippen LogP contribution >= 0.6 is 0 Å². The standard InChI is InChI=1S/C18H22O/c1-18(2,3)13-17(19)16-11-9-15(10-12-16)14-7-5-4-6-8-14/h4-12,17,19H,13H2,1-3H3. The third-order valence-electron chi connectivity index (χ3n) is 3.21. The van der Waals surface area contributed by atoms with Gasteiger partial charge in [-0.2, -0.15) is 0 Å². The van der Waals surface area contributed by atoms with Crippen molar-refractivity contribution in [2.45, 2.75) is 33.3 Å². The number of aliphatic hydroxyl groups is 1. The molecule has 0 spiro atoms. The van der Waals surface area contributed by atoms with Crippen molar-refractivity contribution in [2.24, 2.45) is 5.41 Å². The van der Waals surface area contributed by atoms with E-state index in [9.17, 15) is 5.11 Å². The van der Waals surface area contributed by atoms with E-state index in [1.165, 1.54) is 11.1 Å². The first-order valence-corrected chi connectivity index (χ1v) is 6.79. The van der Waals surface area contributed by atoms with Crippen LogP contribution in [0.2, 0.25) is 0 Å². The zero-order chi connectivity index (χ0) is 13.9. The minimum absolute atomic E-state index is 0.136. The highest BCUT2D eigenvalue weighted by Gasteiger charge is 2.17. The number of hydrogen-bond acceptors (Lipinski definition) is 1. The van der Waals surface area contributed by atoms with E-state index in [1.807, 2.05) is 30.3 Å². The molecule has 1 N–H and O–H groups in total. The molecule has 0 fully saturated rings. The summed E-state index contributed by atoms with van der Waals surface area (Å²) in [6.45, 7) is 6.44. The van der Waals surface area contributed by atoms with Gasteiger partial charge in [0.15, 0.2) is 0 Å². The maximum Gasteiger partial charge on any atom is 0.0795 e. The molecular weight excluding hydrogens is 232 g/mol. The lowest BCUT2D eigenvalue weighted by molar-refractivity contribution is 0.122. The van der Waals surface area contributed by atoms with Crippen LogP contribution in [0.4, 0.5) is 0 Å². The molecule has 0 amide bonds. The number of rotatable bonds is 3. The Kier molecular flexibility index (Phi) is 4.06. The number of benzene rings is 2. The summed E-state index contributed by atoms with van der Waals surface area (Å²) in [5.74, 6) is 0. The van der Waals surface area contributed by atoms with E-state index in [0.717, 1.165) is 12.0 Å². The lowest BCUT2D eigenvalue weighted by atomic mass is 9.86. The normalized spacial score (nSPS) is 13.3. The predicted octanol–water partition coefficient (Wildman–Crippen LogP) is 4.82. The van der Waals surface area contributed by atoms with Crippen LogP contribution in [0.15, 0.2) is 54.6 Å². The Labute approximate surface area is 115 Å². The Balaban J connectivity index is 2.15. The van der Waals surface area contributed by atoms with Crippen molar-refractivity contribution in [3.8, 4) is 11.1 Å². The fourth-order valence-electron chi connectivity index (χ4n) is 2.23. The first-order chi connectivity index (χ1) is 8.96. The van der Waals surface area contributed by atoms with Crippen LogP contribution in [-0.2, 0) is 0 Å². The molecule has 0 aliphatic rings. The Hall–Kier alpha value is -1.60. The van der Waals surface area contributed by atoms with Crippen LogP contribution in [-0.4, -0.2) is 5.11 Å². The van der Waals surface area contributed by atoms with Gasteiger partial charge in [0.2, 0.25) is 0 Å². The van der Waals surface area contributed by atoms with Gasteiger partial charge in [0.05, 0.1) is 6.10 Å². The summed E-state index contributed by atoms with van der Waals surface area (Å²) in [4.78, 5) is 0. The zero-order valence-corrected chi connectivity index (χ0v) is 11.9. The summed E-state index contributed by atoms with van der Waals surface area (Å²) in [5, 5.41) is 10.2. The van der Waals surface area contributed by atoms with Crippen LogP contribution in [0.3, 0.4) is 0 Å². The van der Waals surface area contributed by atoms with Gasteiger partial charge in [-0.05, 0) is 28.5 Å². The largest absolute Gasteiger partial charge is 0.388 e. The molecule has 0 bridgehead atoms. The van der Waals surface area contributed by atoms with E-state index in [2.05, 4.69) is 45.0 Å². The van der Waals surface area contributed by atoms with Gasteiger partial charge < -0.3 is 5.11 Å². The average Bonchev–Trinajstić information content (AvgIpc) is 2.38. The molecule has 1 heteroatoms. The molecule has 2 aromatic carbocycles. The molecule has 1 unspecified atom stereocenters. The maximum atomic E-state index is 10.2. The Morgan fingerprint density at radius 1 is 0.842 bits per heavy atom. The summed E-state index contributed by atoms with van der Waals surface area (Å²) in [7, 11) is 0. The molecule has 1 nitrogen and oxygen atoms in total. The van der Waals surface area contributed by atoms with E-state index >= 15 is 0 Å². The molecule has 2 rings (SSSR count). The molecule has 1 atom stereocenters. The number of aliphatic hydroxyl groups excluding tert-OH is 1. The lowest BCUT2D eigenvalue weighted by Crippen LogP contribution is -2.11. The van der Waals surface area contributed by atoms with E-state index in [1.54, 1.807) is 0 Å². The fourth-order valence-corrected chi connectivity index (χ4v) is 2.23. The van der Waals surface area contributed by atoms with Crippen LogP contribution < -0.4 is 0 Å². The van der Waals surface area contributed by atoms with Gasteiger partial charge in [-0.25, -0.2) is 0 Å². The first kappa shape index (κ1) is 13.8. The Morgan fingerprint density at radius 2 is 1.37 bits per heavy atom. The average molecular weight is 254 g/mol. The van der Waals surface area contributed by atoms with Crippen LogP contribution in [0.25, 0.3) is 11.1 Å². The molecule has 0 radical (unpaired) electrons. The highest BCUT2D eigenvalue weighted by atomic mass is 16.3. The zero-order valence-electron chi connectivity index (χ0n) is 11.9. The minimum atomic E-state index is -0.384. The van der Waals surface area contributed by atoms with E-state index in [-0.39, 0.29) is 11.5 Å². The highest BCUT2D eigenvalue weighted by Crippen LogP contribution is 2.30. The summed E-state index contributed by atoms with van der Waals surface area (Å²) in [6, 6.07) is 18.5. The Morgan fingerprint density at radius 3 is 1.89 bits per heavy atom. The molecule has 0 aliphatic carbocycles. The van der Waals surface area contributed by atoms with E-state index < -0.39 is 0 Å². The van der Waals surface area contributed by atoms with Crippen LogP contribution in [0.5, 0.6) is 0 Å². The maximum absolute atomic E-state index is 10.2. The van der Waals surface area contributed by atoms with Gasteiger partial charge in [0.25, 0.3) is 0 Å². The molecular formula is C18H22O. The second-order valence-electron chi connectivity index (χ2n) is 6.27. The predicted molar refractivity (Wildman–Crippen MR) is 80.9 cm³/mol. The summed E-state index contributed by atoms with van der Waals surface area (Å²) >= 11 is 0. The van der Waals surface area contributed by atoms with Gasteiger partial charge in [-0.3, -0.25) is 0 Å². The number of hydrogen-bond donors (Lipinski definition) is 1. The van der Waals surface area contributed by atoms with Crippen molar-refractivity contribution in [1.29, 1.82) is 0 Å². The monoisotopic (exact) mass is 254 g/mol. The topological polar surface area (TPSA) is 20.2 Å². The molecule has 19 heavy (non-hydrogen) atoms. The fraction of sp³-hybridized carbons (Fsp3) is 0.333. The van der Waals surface area contributed by atoms with Crippen molar-refractivity contribution in [1.82, 2.24) is 0 Å². The summed E-state index contributed by atoms with van der Waals surface area (Å²) < 4.78 is 0. The third kappa shape index (κ3) is 3.93. The smallest absolute Gasteiger partial charge is 0.0795 e. The van der Waals surface area contributed by atoms with Gasteiger partial charge >= 0.3 is 0 Å². The SMILES string of the molecule is CC(C)(C)CC(O)c1ccc(-c2ccccc2)cc1. The van der Waals surface area contributed by atoms with Crippen molar-refractivity contribution in [2.75, 3.05) is 0 Å². The highest BCUT2D eigenvalue weighted by molar-refractivity contribution is 5.63. The quantitative estimate of drug-likeness (QED) is 0.832. The van der Waals surface area contributed by atoms with E-state index in [0.29, 0.717) is 0 Å². The van der Waals surface area contributed by atoms with Gasteiger partial charge in [0.1, 0.15) is 0 Å². The Bertz CT molecular complexity index is 506. The summed E-state index contributed by atoms with van der Waals surface area (Å²) in [5.41, 5.74) is 3.53. The molecule has 0 heterocycles. The van der Waals surface area contributed by atoms with Gasteiger partial charge in [0, 0.05) is 0 Å². The van der Waals surface area contributed by atoms with Gasteiger partial charge in [-0.1, -0.05) is 75.4 Å². The van der Waals surface area contributed by atoms with Crippen LogP contribution in [0.1, 0.15) is 38.9 Å². The second kappa shape index (κ2) is 5.58. The molecule has 100 valence electrons. The molecule has 0 saturated carbocycles. The molecule has 0 aromatic heterocycles. The van der Waals surface area contributed by atoms with Gasteiger partial charge in [-0.15, -0.1) is 0 Å². The van der Waals surface area contributed by atoms with Crippen LogP contribution in [0, 0.1) is 5.41 Å². The molecule has 0 saturated heterocycles. The van der Waals surface area contributed by atoms with Crippen molar-refractivity contribution in [3.05, 3.63) is 60.2 Å². The second-order valence-corrected chi connectivity index (χ2v) is 6.27. The molecule has 0 aliphatic heterocycles. The minimum Gasteiger partial charge on any atom is -0.388 e. The van der Waals surface area contributed by atoms with Crippen molar-refractivity contribution in [3.63, 3.8) is 0 Å². The lowest BCUT2D eigenvalue weighted by Gasteiger charge is -2.22.